The van der Waals surface area contributed by atoms with E-state index in [1.54, 1.807) is 56.2 Å². The van der Waals surface area contributed by atoms with Crippen LogP contribution in [0.2, 0.25) is 0 Å². The average molecular weight is 541 g/mol. The number of rotatable bonds is 7. The number of alkyl halides is 2. The monoisotopic (exact) mass is 540 g/mol. The van der Waals surface area contributed by atoms with Crippen LogP contribution >= 0.6 is 11.3 Å². The molecule has 1 aliphatic rings. The van der Waals surface area contributed by atoms with Crippen molar-refractivity contribution in [1.82, 2.24) is 14.8 Å². The van der Waals surface area contributed by atoms with Crippen molar-refractivity contribution < 1.29 is 27.9 Å². The number of methoxy groups -OCH3 is 1. The second-order valence-electron chi connectivity index (χ2n) is 8.60. The van der Waals surface area contributed by atoms with E-state index in [0.717, 1.165) is 16.9 Å². The summed E-state index contributed by atoms with van der Waals surface area (Å²) in [4.78, 5) is 35.2. The molecule has 3 N–H and O–H groups in total. The topological polar surface area (TPSA) is 134 Å². The van der Waals surface area contributed by atoms with Gasteiger partial charge in [-0.25, -0.2) is 13.8 Å². The minimum absolute atomic E-state index is 0.0237. The van der Waals surface area contributed by atoms with Gasteiger partial charge in [0.25, 0.3) is 18.2 Å². The molecule has 38 heavy (non-hydrogen) atoms. The Hall–Kier alpha value is -4.39. The Bertz CT molecular complexity index is 1600. The van der Waals surface area contributed by atoms with E-state index in [9.17, 15) is 18.4 Å². The summed E-state index contributed by atoms with van der Waals surface area (Å²) in [6.07, 6.45) is -2.00. The standard InChI is InChI=1S/C25H22F2N6O4S/c1-11-15(10-33(2)31-11)14-8-17(22(26)27)29-25-19(14)20(21(38-25)23(28)34)30-24(35)18-9-16(32-37-18)12-4-6-13(36-3)7-5-12/h4-8,10,18,22H,9H2,1-3H3,(H2,28,34)(H,30,35). The van der Waals surface area contributed by atoms with Gasteiger partial charge >= 0.3 is 0 Å². The number of aryl methyl sites for hydroxylation is 2. The summed E-state index contributed by atoms with van der Waals surface area (Å²) in [6.45, 7) is 1.73. The predicted molar refractivity (Wildman–Crippen MR) is 138 cm³/mol. The Kier molecular flexibility index (Phi) is 6.53. The van der Waals surface area contributed by atoms with E-state index in [1.165, 1.54) is 6.07 Å². The van der Waals surface area contributed by atoms with Gasteiger partial charge < -0.3 is 20.6 Å². The van der Waals surface area contributed by atoms with Gasteiger partial charge in [-0.05, 0) is 48.4 Å². The number of ether oxygens (including phenoxy) is 1. The molecule has 0 fully saturated rings. The summed E-state index contributed by atoms with van der Waals surface area (Å²) in [5, 5.41) is 11.4. The van der Waals surface area contributed by atoms with Crippen LogP contribution in [0.5, 0.6) is 5.75 Å². The van der Waals surface area contributed by atoms with E-state index in [1.807, 2.05) is 0 Å². The zero-order valence-electron chi connectivity index (χ0n) is 20.5. The highest BCUT2D eigenvalue weighted by Gasteiger charge is 2.32. The van der Waals surface area contributed by atoms with Gasteiger partial charge in [-0.1, -0.05) is 5.16 Å². The fraction of sp³-hybridized carbons (Fsp3) is 0.240. The fourth-order valence-electron chi connectivity index (χ4n) is 4.27. The molecule has 0 spiro atoms. The molecule has 0 saturated heterocycles. The zero-order valence-corrected chi connectivity index (χ0v) is 21.3. The maximum Gasteiger partial charge on any atom is 0.280 e. The quantitative estimate of drug-likeness (QED) is 0.361. The average Bonchev–Trinajstić information content (AvgIpc) is 3.60. The lowest BCUT2D eigenvalue weighted by molar-refractivity contribution is -0.125. The van der Waals surface area contributed by atoms with Gasteiger partial charge in [0, 0.05) is 30.6 Å². The third-order valence-electron chi connectivity index (χ3n) is 6.07. The van der Waals surface area contributed by atoms with E-state index < -0.39 is 30.0 Å². The molecular weight excluding hydrogens is 518 g/mol. The number of thiophene rings is 1. The van der Waals surface area contributed by atoms with Gasteiger partial charge in [0.2, 0.25) is 6.10 Å². The highest BCUT2D eigenvalue weighted by atomic mass is 32.1. The number of nitrogens with zero attached hydrogens (tertiary/aromatic N) is 4. The number of aromatic nitrogens is 3. The first-order valence-corrected chi connectivity index (χ1v) is 12.2. The largest absolute Gasteiger partial charge is 0.497 e. The highest BCUT2D eigenvalue weighted by Crippen LogP contribution is 2.43. The molecule has 10 nitrogen and oxygen atoms in total. The maximum absolute atomic E-state index is 13.7. The van der Waals surface area contributed by atoms with Crippen molar-refractivity contribution in [3.63, 3.8) is 0 Å². The maximum atomic E-state index is 13.7. The van der Waals surface area contributed by atoms with Crippen molar-refractivity contribution in [1.29, 1.82) is 0 Å². The lowest BCUT2D eigenvalue weighted by Gasteiger charge is -2.12. The second kappa shape index (κ2) is 9.82. The minimum atomic E-state index is -2.85. The van der Waals surface area contributed by atoms with Crippen LogP contribution in [0.1, 0.15) is 39.5 Å². The SMILES string of the molecule is COc1ccc(C2=NOC(C(=O)Nc3c(C(N)=O)sc4nc(C(F)F)cc(-c5cn(C)nc5C)c34)C2)cc1. The summed E-state index contributed by atoms with van der Waals surface area (Å²) < 4.78 is 34.1. The molecule has 1 atom stereocenters. The molecule has 0 saturated carbocycles. The number of hydrogen-bond acceptors (Lipinski definition) is 8. The summed E-state index contributed by atoms with van der Waals surface area (Å²) in [7, 11) is 3.26. The lowest BCUT2D eigenvalue weighted by Crippen LogP contribution is -2.29. The molecule has 1 unspecified atom stereocenters. The van der Waals surface area contributed by atoms with E-state index >= 15 is 0 Å². The molecule has 196 valence electrons. The number of oxime groups is 1. The number of benzene rings is 1. The number of halogens is 2. The number of nitrogens with one attached hydrogen (secondary N) is 1. The predicted octanol–water partition coefficient (Wildman–Crippen LogP) is 4.18. The van der Waals surface area contributed by atoms with Crippen molar-refractivity contribution in [2.24, 2.45) is 17.9 Å². The van der Waals surface area contributed by atoms with Crippen LogP contribution < -0.4 is 15.8 Å². The molecule has 2 amide bonds. The number of hydrogen-bond donors (Lipinski definition) is 2. The number of pyridine rings is 1. The third-order valence-corrected chi connectivity index (χ3v) is 7.16. The normalized spacial score (nSPS) is 15.0. The molecule has 1 aromatic carbocycles. The molecule has 1 aliphatic heterocycles. The molecule has 0 radical (unpaired) electrons. The number of nitrogens with two attached hydrogens (primary N) is 1. The van der Waals surface area contributed by atoms with Crippen LogP contribution in [0.3, 0.4) is 0 Å². The van der Waals surface area contributed by atoms with Crippen molar-refractivity contribution in [2.45, 2.75) is 25.9 Å². The first-order chi connectivity index (χ1) is 18.2. The number of anilines is 1. The highest BCUT2D eigenvalue weighted by molar-refractivity contribution is 7.21. The van der Waals surface area contributed by atoms with Gasteiger partial charge in [0.15, 0.2) is 0 Å². The van der Waals surface area contributed by atoms with Gasteiger partial charge in [0.1, 0.15) is 21.2 Å². The first-order valence-electron chi connectivity index (χ1n) is 11.4. The molecular formula is C25H22F2N6O4S. The molecule has 4 heterocycles. The van der Waals surface area contributed by atoms with E-state index in [-0.39, 0.29) is 21.8 Å². The van der Waals surface area contributed by atoms with Gasteiger partial charge in [-0.15, -0.1) is 11.3 Å². The fourth-order valence-corrected chi connectivity index (χ4v) is 5.29. The number of fused-ring (bicyclic) bond motifs is 1. The van der Waals surface area contributed by atoms with Crippen LogP contribution in [0.4, 0.5) is 14.5 Å². The molecule has 3 aromatic heterocycles. The Morgan fingerprint density at radius 1 is 1.26 bits per heavy atom. The van der Waals surface area contributed by atoms with E-state index in [0.29, 0.717) is 33.7 Å². The summed E-state index contributed by atoms with van der Waals surface area (Å²) in [5.41, 5.74) is 8.01. The second-order valence-corrected chi connectivity index (χ2v) is 9.60. The number of amides is 2. The summed E-state index contributed by atoms with van der Waals surface area (Å²) >= 11 is 0.828. The molecule has 5 rings (SSSR count). The Morgan fingerprint density at radius 2 is 2.00 bits per heavy atom. The van der Waals surface area contributed by atoms with Crippen molar-refractivity contribution in [2.75, 3.05) is 12.4 Å². The van der Waals surface area contributed by atoms with Crippen LogP contribution in [0.25, 0.3) is 21.3 Å². The number of primary amides is 1. The lowest BCUT2D eigenvalue weighted by atomic mass is 10.0. The van der Waals surface area contributed by atoms with Crippen LogP contribution in [0.15, 0.2) is 41.7 Å². The number of carbonyl (C=O) groups excluding carboxylic acids is 2. The zero-order chi connectivity index (χ0) is 27.1. The Morgan fingerprint density at radius 3 is 2.61 bits per heavy atom. The Balaban J connectivity index is 1.52. The van der Waals surface area contributed by atoms with Crippen molar-refractivity contribution >= 4 is 44.8 Å². The van der Waals surface area contributed by atoms with Crippen LogP contribution in [0, 0.1) is 6.92 Å². The summed E-state index contributed by atoms with van der Waals surface area (Å²) in [6, 6.07) is 8.37. The third kappa shape index (κ3) is 4.56. The van der Waals surface area contributed by atoms with Gasteiger partial charge in [-0.3, -0.25) is 14.3 Å². The van der Waals surface area contributed by atoms with E-state index in [2.05, 4.69) is 20.6 Å². The molecule has 0 aliphatic carbocycles. The van der Waals surface area contributed by atoms with Crippen molar-refractivity contribution in [3.8, 4) is 16.9 Å². The molecule has 0 bridgehead atoms. The van der Waals surface area contributed by atoms with Crippen molar-refractivity contribution in [3.05, 3.63) is 58.4 Å². The van der Waals surface area contributed by atoms with Gasteiger partial charge in [-0.2, -0.15) is 5.10 Å². The summed E-state index contributed by atoms with van der Waals surface area (Å²) in [5.74, 6) is -0.737. The minimum Gasteiger partial charge on any atom is -0.497 e. The first kappa shape index (κ1) is 25.3. The van der Waals surface area contributed by atoms with Gasteiger partial charge in [0.05, 0.1) is 24.2 Å². The number of carbonyl (C=O) groups is 2. The van der Waals surface area contributed by atoms with Crippen LogP contribution in [-0.4, -0.2) is 45.5 Å². The molecule has 13 heteroatoms. The Labute approximate surface area is 219 Å². The van der Waals surface area contributed by atoms with E-state index in [4.69, 9.17) is 15.3 Å². The molecule has 4 aromatic rings. The smallest absolute Gasteiger partial charge is 0.280 e. The van der Waals surface area contributed by atoms with Crippen LogP contribution in [-0.2, 0) is 16.7 Å².